The van der Waals surface area contributed by atoms with E-state index in [9.17, 15) is 0 Å². The first-order valence-electron chi connectivity index (χ1n) is 18.5. The van der Waals surface area contributed by atoms with Crippen molar-refractivity contribution in [3.63, 3.8) is 0 Å². The molecule has 2 N–H and O–H groups in total. The van der Waals surface area contributed by atoms with Gasteiger partial charge in [0.05, 0.1) is 85.7 Å². The van der Waals surface area contributed by atoms with Crippen molar-refractivity contribution >= 4 is 52.4 Å². The Labute approximate surface area is 328 Å². The number of allylic oxidation sites excluding steroid dienone is 3. The van der Waals surface area contributed by atoms with Crippen LogP contribution in [0.4, 0.5) is 0 Å². The number of rotatable bonds is 12. The first-order valence-corrected chi connectivity index (χ1v) is 19.3. The maximum absolute atomic E-state index is 7.77. The minimum absolute atomic E-state index is 0.637. The van der Waals surface area contributed by atoms with Gasteiger partial charge in [-0.25, -0.2) is 4.99 Å². The van der Waals surface area contributed by atoms with Crippen LogP contribution in [0.3, 0.4) is 0 Å². The molecule has 0 amide bonds. The van der Waals surface area contributed by atoms with E-state index < -0.39 is 9.87 Å². The molecule has 0 saturated heterocycles. The Morgan fingerprint density at radius 1 is 0.685 bits per heavy atom. The number of fused-ring (bicyclic) bond motifs is 6. The number of benzene rings is 2. The third kappa shape index (κ3) is 8.37. The van der Waals surface area contributed by atoms with Crippen molar-refractivity contribution in [2.75, 3.05) is 68.6 Å². The number of hydrogen-bond acceptors (Lipinski definition) is 4. The average molecular weight is 766 g/mol. The molecule has 7 rings (SSSR count). The topological polar surface area (TPSA) is 74.8 Å². The standard InChI is InChI=1S/C44H50Cl2N6O2/c1-51(2,3)25-7-27-53-37-16-9-31(10-17-37)42-39-20-13-33(47-39)29-35-15-22-41(49-35)44(46,32-11-18-38(19-12-32)54-28-8-26-52(4,5)6)43(45)24-23-36(50-43)30-34-14-21-40(42)48-34/h9-24,29-30,48-49H,7-8,25-28H2,1-6H3/q+2. The molecule has 280 valence electrons. The summed E-state index contributed by atoms with van der Waals surface area (Å²) in [5.41, 5.74) is 6.73. The fourth-order valence-corrected chi connectivity index (χ4v) is 7.64. The van der Waals surface area contributed by atoms with Crippen LogP contribution >= 0.6 is 23.2 Å². The summed E-state index contributed by atoms with van der Waals surface area (Å²) < 4.78 is 14.0. The summed E-state index contributed by atoms with van der Waals surface area (Å²) in [7, 11) is 13.1. The van der Waals surface area contributed by atoms with Crippen LogP contribution in [0, 0.1) is 0 Å². The van der Waals surface area contributed by atoms with E-state index in [0.29, 0.717) is 24.6 Å². The highest BCUT2D eigenvalue weighted by Gasteiger charge is 2.53. The lowest BCUT2D eigenvalue weighted by Crippen LogP contribution is -2.41. The van der Waals surface area contributed by atoms with Gasteiger partial charge in [-0.2, -0.15) is 0 Å². The molecule has 2 aromatic carbocycles. The number of aromatic amines is 2. The molecule has 0 fully saturated rings. The van der Waals surface area contributed by atoms with Crippen LogP contribution in [0.1, 0.15) is 35.4 Å². The Morgan fingerprint density at radius 2 is 1.33 bits per heavy atom. The highest BCUT2D eigenvalue weighted by atomic mass is 35.5. The summed E-state index contributed by atoms with van der Waals surface area (Å²) in [5.74, 6) is 1.63. The fourth-order valence-electron chi connectivity index (χ4n) is 6.93. The molecule has 8 bridgehead atoms. The predicted molar refractivity (Wildman–Crippen MR) is 223 cm³/mol. The summed E-state index contributed by atoms with van der Waals surface area (Å²) in [6, 6.07) is 24.2. The molecule has 5 heterocycles. The van der Waals surface area contributed by atoms with Gasteiger partial charge in [-0.3, -0.25) is 4.99 Å². The second-order valence-corrected chi connectivity index (χ2v) is 17.4. The molecule has 0 aliphatic carbocycles. The van der Waals surface area contributed by atoms with Crippen molar-refractivity contribution in [2.24, 2.45) is 9.98 Å². The molecule has 3 aliphatic rings. The Morgan fingerprint density at radius 3 is 1.98 bits per heavy atom. The first-order chi connectivity index (χ1) is 25.7. The van der Waals surface area contributed by atoms with Gasteiger partial charge in [0, 0.05) is 40.5 Å². The summed E-state index contributed by atoms with van der Waals surface area (Å²) in [5, 5.41) is 1.81. The van der Waals surface area contributed by atoms with Crippen LogP contribution in [0.15, 0.2) is 113 Å². The number of hydrogen-bond donors (Lipinski definition) is 2. The van der Waals surface area contributed by atoms with Crippen molar-refractivity contribution in [2.45, 2.75) is 22.7 Å². The molecule has 2 unspecified atom stereocenters. The molecule has 54 heavy (non-hydrogen) atoms. The lowest BCUT2D eigenvalue weighted by molar-refractivity contribution is -0.870. The van der Waals surface area contributed by atoms with E-state index in [1.807, 2.05) is 85.0 Å². The van der Waals surface area contributed by atoms with E-state index in [-0.39, 0.29) is 0 Å². The van der Waals surface area contributed by atoms with Gasteiger partial charge in [0.1, 0.15) is 11.5 Å². The number of nitrogens with one attached hydrogen (secondary N) is 2. The van der Waals surface area contributed by atoms with Crippen LogP contribution in [-0.2, 0) is 4.87 Å². The maximum atomic E-state index is 7.77. The molecular weight excluding hydrogens is 715 g/mol. The van der Waals surface area contributed by atoms with Gasteiger partial charge in [0.2, 0.25) is 0 Å². The molecule has 0 saturated carbocycles. The summed E-state index contributed by atoms with van der Waals surface area (Å²) in [4.78, 5) is 14.7. The van der Waals surface area contributed by atoms with Gasteiger partial charge in [-0.1, -0.05) is 35.9 Å². The number of H-pyrrole nitrogens is 2. The lowest BCUT2D eigenvalue weighted by atomic mass is 9.87. The second kappa shape index (κ2) is 14.9. The highest BCUT2D eigenvalue weighted by Crippen LogP contribution is 2.52. The van der Waals surface area contributed by atoms with Crippen molar-refractivity contribution in [3.05, 3.63) is 136 Å². The summed E-state index contributed by atoms with van der Waals surface area (Å²) in [6.45, 7) is 3.39. The fraction of sp³-hybridized carbons (Fsp3) is 0.318. The zero-order valence-electron chi connectivity index (χ0n) is 32.0. The summed E-state index contributed by atoms with van der Waals surface area (Å²) >= 11 is 15.3. The van der Waals surface area contributed by atoms with Gasteiger partial charge in [-0.05, 0) is 96.1 Å². The van der Waals surface area contributed by atoms with Crippen LogP contribution in [0.25, 0.3) is 17.7 Å². The number of aromatic nitrogens is 2. The molecule has 4 aromatic rings. The molecular formula is C44H50Cl2N6O2+2. The van der Waals surface area contributed by atoms with E-state index >= 15 is 0 Å². The molecule has 0 spiro atoms. The molecule has 0 radical (unpaired) electrons. The van der Waals surface area contributed by atoms with E-state index in [2.05, 4.69) is 76.5 Å². The number of nitrogens with zero attached hydrogens (tertiary/aromatic N) is 4. The number of aliphatic imine (C=N–C) groups is 2. The monoisotopic (exact) mass is 764 g/mol. The minimum atomic E-state index is -1.33. The predicted octanol–water partition coefficient (Wildman–Crippen LogP) is 6.77. The number of ether oxygens (including phenoxy) is 2. The SMILES string of the molecule is C[N+](C)(C)CCCOc1ccc(C2=c3ccc([nH]3)=CC3=NC(Cl)(C=C3)C(Cl)(c3ccc(OCCC[N+](C)(C)C)cc3)c3ccc([nH]3)C=C3C=CC2=N3)cc1. The molecule has 8 nitrogen and oxygen atoms in total. The Hall–Kier alpha value is -4.60. The van der Waals surface area contributed by atoms with Crippen LogP contribution < -0.4 is 20.2 Å². The van der Waals surface area contributed by atoms with E-state index in [1.165, 1.54) is 0 Å². The maximum Gasteiger partial charge on any atom is 0.181 e. The van der Waals surface area contributed by atoms with Gasteiger partial charge in [-0.15, -0.1) is 11.6 Å². The minimum Gasteiger partial charge on any atom is -0.493 e. The Bertz CT molecular complexity index is 2280. The third-order valence-corrected chi connectivity index (χ3v) is 11.0. The first kappa shape index (κ1) is 37.7. The molecule has 2 atom stereocenters. The van der Waals surface area contributed by atoms with Crippen molar-refractivity contribution in [1.82, 2.24) is 9.97 Å². The summed E-state index contributed by atoms with van der Waals surface area (Å²) in [6.07, 6.45) is 13.8. The second-order valence-electron chi connectivity index (χ2n) is 16.3. The van der Waals surface area contributed by atoms with Gasteiger partial charge < -0.3 is 28.4 Å². The Kier molecular flexibility index (Phi) is 10.4. The van der Waals surface area contributed by atoms with Crippen LogP contribution in [-0.4, -0.2) is 104 Å². The van der Waals surface area contributed by atoms with Gasteiger partial charge in [0.15, 0.2) is 9.87 Å². The number of quaternary nitrogens is 2. The highest BCUT2D eigenvalue weighted by molar-refractivity contribution is 6.39. The van der Waals surface area contributed by atoms with Gasteiger partial charge in [0.25, 0.3) is 0 Å². The third-order valence-electron chi connectivity index (χ3n) is 9.71. The quantitative estimate of drug-likeness (QED) is 0.0724. The van der Waals surface area contributed by atoms with Crippen LogP contribution in [0.2, 0.25) is 0 Å². The normalized spacial score (nSPS) is 20.7. The largest absolute Gasteiger partial charge is 0.493 e. The van der Waals surface area contributed by atoms with Crippen molar-refractivity contribution in [1.29, 1.82) is 0 Å². The number of alkyl halides is 2. The van der Waals surface area contributed by atoms with Crippen LogP contribution in [0.5, 0.6) is 11.5 Å². The smallest absolute Gasteiger partial charge is 0.181 e. The Balaban J connectivity index is 1.24. The zero-order valence-corrected chi connectivity index (χ0v) is 33.5. The zero-order chi connectivity index (χ0) is 38.1. The molecule has 2 aromatic heterocycles. The average Bonchev–Trinajstić information content (AvgIpc) is 3.95. The van der Waals surface area contributed by atoms with E-state index in [1.54, 1.807) is 0 Å². The van der Waals surface area contributed by atoms with E-state index in [0.717, 1.165) is 90.9 Å². The number of halogens is 2. The molecule has 10 heteroatoms. The van der Waals surface area contributed by atoms with Crippen molar-refractivity contribution < 1.29 is 18.4 Å². The molecule has 3 aliphatic heterocycles. The van der Waals surface area contributed by atoms with Gasteiger partial charge >= 0.3 is 0 Å². The lowest BCUT2D eigenvalue weighted by Gasteiger charge is -2.36. The van der Waals surface area contributed by atoms with E-state index in [4.69, 9.17) is 42.7 Å². The van der Waals surface area contributed by atoms with Crippen molar-refractivity contribution in [3.8, 4) is 11.5 Å².